The molecule has 0 aliphatic carbocycles. The van der Waals surface area contributed by atoms with Crippen LogP contribution in [-0.4, -0.2) is 9.97 Å². The molecular formula is C16H21N3. The van der Waals surface area contributed by atoms with Crippen molar-refractivity contribution in [1.82, 2.24) is 9.97 Å². The van der Waals surface area contributed by atoms with Gasteiger partial charge in [-0.05, 0) is 32.3 Å². The van der Waals surface area contributed by atoms with Gasteiger partial charge in [-0.2, -0.15) is 0 Å². The molecule has 0 saturated carbocycles. The van der Waals surface area contributed by atoms with Gasteiger partial charge < -0.3 is 5.73 Å². The molecule has 0 aliphatic rings. The van der Waals surface area contributed by atoms with Crippen LogP contribution in [-0.2, 0) is 6.42 Å². The molecule has 1 aromatic carbocycles. The van der Waals surface area contributed by atoms with Gasteiger partial charge in [-0.15, -0.1) is 0 Å². The predicted molar refractivity (Wildman–Crippen MR) is 80.0 cm³/mol. The van der Waals surface area contributed by atoms with E-state index < -0.39 is 0 Å². The van der Waals surface area contributed by atoms with Crippen molar-refractivity contribution in [2.24, 2.45) is 0 Å². The van der Waals surface area contributed by atoms with Crippen LogP contribution >= 0.6 is 0 Å². The van der Waals surface area contributed by atoms with E-state index in [4.69, 9.17) is 5.73 Å². The summed E-state index contributed by atoms with van der Waals surface area (Å²) in [5, 5.41) is 0. The van der Waals surface area contributed by atoms with Crippen molar-refractivity contribution < 1.29 is 0 Å². The molecule has 3 heteroatoms. The van der Waals surface area contributed by atoms with Gasteiger partial charge in [0.1, 0.15) is 5.82 Å². The maximum atomic E-state index is 6.08. The lowest BCUT2D eigenvalue weighted by atomic mass is 10.0. The second-order valence-corrected chi connectivity index (χ2v) is 4.92. The van der Waals surface area contributed by atoms with Crippen molar-refractivity contribution in [2.45, 2.75) is 40.0 Å². The monoisotopic (exact) mass is 255 g/mol. The van der Waals surface area contributed by atoms with Crippen LogP contribution in [0.2, 0.25) is 0 Å². The van der Waals surface area contributed by atoms with E-state index in [0.29, 0.717) is 5.69 Å². The molecule has 0 aliphatic heterocycles. The minimum Gasteiger partial charge on any atom is -0.395 e. The number of anilines is 1. The van der Waals surface area contributed by atoms with Crippen LogP contribution in [0.15, 0.2) is 24.3 Å². The van der Waals surface area contributed by atoms with Gasteiger partial charge in [0.05, 0.1) is 17.1 Å². The third-order valence-corrected chi connectivity index (χ3v) is 3.29. The Morgan fingerprint density at radius 3 is 2.37 bits per heavy atom. The van der Waals surface area contributed by atoms with Crippen molar-refractivity contribution in [1.29, 1.82) is 0 Å². The number of hydrogen-bond acceptors (Lipinski definition) is 3. The number of nitrogen functional groups attached to an aromatic ring is 1. The molecule has 3 nitrogen and oxygen atoms in total. The summed E-state index contributed by atoms with van der Waals surface area (Å²) in [6.07, 6.45) is 3.58. The molecule has 1 aromatic heterocycles. The van der Waals surface area contributed by atoms with Gasteiger partial charge in [-0.1, -0.05) is 37.6 Å². The molecule has 0 unspecified atom stereocenters. The maximum Gasteiger partial charge on any atom is 0.126 e. The van der Waals surface area contributed by atoms with Crippen LogP contribution in [0, 0.1) is 13.8 Å². The summed E-state index contributed by atoms with van der Waals surface area (Å²) < 4.78 is 0. The number of aromatic nitrogens is 2. The lowest BCUT2D eigenvalue weighted by Crippen LogP contribution is -2.02. The molecule has 0 amide bonds. The number of hydrogen-bond donors (Lipinski definition) is 1. The van der Waals surface area contributed by atoms with Gasteiger partial charge in [0.2, 0.25) is 0 Å². The average Bonchev–Trinajstić information content (AvgIpc) is 2.41. The normalized spacial score (nSPS) is 10.7. The number of rotatable bonds is 4. The first kappa shape index (κ1) is 13.5. The molecule has 0 spiro atoms. The van der Waals surface area contributed by atoms with Crippen molar-refractivity contribution in [2.75, 3.05) is 5.73 Å². The number of benzene rings is 1. The molecule has 0 atom stereocenters. The fourth-order valence-corrected chi connectivity index (χ4v) is 2.15. The zero-order chi connectivity index (χ0) is 13.8. The summed E-state index contributed by atoms with van der Waals surface area (Å²) in [7, 11) is 0. The Hall–Kier alpha value is -1.90. The first-order valence-corrected chi connectivity index (χ1v) is 6.82. The van der Waals surface area contributed by atoms with E-state index >= 15 is 0 Å². The van der Waals surface area contributed by atoms with Gasteiger partial charge in [0.25, 0.3) is 0 Å². The van der Waals surface area contributed by atoms with E-state index in [-0.39, 0.29) is 0 Å². The summed E-state index contributed by atoms with van der Waals surface area (Å²) in [5.74, 6) is 0.761. The minimum absolute atomic E-state index is 0.673. The van der Waals surface area contributed by atoms with Crippen LogP contribution in [0.3, 0.4) is 0 Å². The first-order chi connectivity index (χ1) is 9.11. The smallest absolute Gasteiger partial charge is 0.126 e. The molecular weight excluding hydrogens is 234 g/mol. The standard InChI is InChI=1S/C16H21N3/c1-4-5-6-13-7-9-14(10-8-13)16-15(17)11(2)18-12(3)19-16/h7-10H,4-6,17H2,1-3H3. The van der Waals surface area contributed by atoms with E-state index in [1.54, 1.807) is 0 Å². The molecule has 0 radical (unpaired) electrons. The maximum absolute atomic E-state index is 6.08. The number of nitrogens with two attached hydrogens (primary N) is 1. The Labute approximate surface area is 114 Å². The van der Waals surface area contributed by atoms with Gasteiger partial charge >= 0.3 is 0 Å². The highest BCUT2D eigenvalue weighted by molar-refractivity contribution is 5.73. The molecule has 1 heterocycles. The fourth-order valence-electron chi connectivity index (χ4n) is 2.15. The van der Waals surface area contributed by atoms with Crippen molar-refractivity contribution in [3.63, 3.8) is 0 Å². The second-order valence-electron chi connectivity index (χ2n) is 4.92. The molecule has 2 rings (SSSR count). The first-order valence-electron chi connectivity index (χ1n) is 6.82. The van der Waals surface area contributed by atoms with E-state index in [1.165, 1.54) is 18.4 Å². The van der Waals surface area contributed by atoms with E-state index in [2.05, 4.69) is 41.2 Å². The van der Waals surface area contributed by atoms with Crippen LogP contribution in [0.1, 0.15) is 36.8 Å². The summed E-state index contributed by atoms with van der Waals surface area (Å²) in [6.45, 7) is 6.02. The van der Waals surface area contributed by atoms with Crippen LogP contribution in [0.5, 0.6) is 0 Å². The Bertz CT molecular complexity index is 559. The van der Waals surface area contributed by atoms with Gasteiger partial charge in [-0.25, -0.2) is 9.97 Å². The average molecular weight is 255 g/mol. The summed E-state index contributed by atoms with van der Waals surface area (Å²) >= 11 is 0. The van der Waals surface area contributed by atoms with Gasteiger partial charge in [0.15, 0.2) is 0 Å². The molecule has 100 valence electrons. The Morgan fingerprint density at radius 1 is 1.05 bits per heavy atom. The third-order valence-electron chi connectivity index (χ3n) is 3.29. The van der Waals surface area contributed by atoms with E-state index in [0.717, 1.165) is 29.2 Å². The van der Waals surface area contributed by atoms with Crippen LogP contribution in [0.4, 0.5) is 5.69 Å². The highest BCUT2D eigenvalue weighted by Crippen LogP contribution is 2.26. The lowest BCUT2D eigenvalue weighted by Gasteiger charge is -2.09. The lowest BCUT2D eigenvalue weighted by molar-refractivity contribution is 0.795. The van der Waals surface area contributed by atoms with Crippen molar-refractivity contribution in [3.8, 4) is 11.3 Å². The molecule has 2 N–H and O–H groups in total. The van der Waals surface area contributed by atoms with Crippen LogP contribution < -0.4 is 5.73 Å². The zero-order valence-electron chi connectivity index (χ0n) is 11.9. The summed E-state index contributed by atoms with van der Waals surface area (Å²) in [5.41, 5.74) is 10.9. The van der Waals surface area contributed by atoms with Gasteiger partial charge in [-0.3, -0.25) is 0 Å². The second kappa shape index (κ2) is 5.83. The largest absolute Gasteiger partial charge is 0.395 e. The third kappa shape index (κ3) is 3.11. The van der Waals surface area contributed by atoms with Crippen molar-refractivity contribution in [3.05, 3.63) is 41.3 Å². The number of nitrogens with zero attached hydrogens (tertiary/aromatic N) is 2. The Morgan fingerprint density at radius 2 is 1.74 bits per heavy atom. The SMILES string of the molecule is CCCCc1ccc(-c2nc(C)nc(C)c2N)cc1. The predicted octanol–water partition coefficient (Wildman–Crippen LogP) is 3.69. The number of aryl methyl sites for hydroxylation is 3. The van der Waals surface area contributed by atoms with Gasteiger partial charge in [0, 0.05) is 5.56 Å². The highest BCUT2D eigenvalue weighted by atomic mass is 14.9. The molecule has 19 heavy (non-hydrogen) atoms. The highest BCUT2D eigenvalue weighted by Gasteiger charge is 2.09. The van der Waals surface area contributed by atoms with E-state index in [1.807, 2.05) is 13.8 Å². The Balaban J connectivity index is 2.32. The zero-order valence-corrected chi connectivity index (χ0v) is 11.9. The topological polar surface area (TPSA) is 51.8 Å². The Kier molecular flexibility index (Phi) is 4.15. The molecule has 2 aromatic rings. The van der Waals surface area contributed by atoms with Crippen molar-refractivity contribution >= 4 is 5.69 Å². The molecule has 0 saturated heterocycles. The number of unbranched alkanes of at least 4 members (excludes halogenated alkanes) is 1. The molecule has 0 fully saturated rings. The minimum atomic E-state index is 0.673. The molecule has 0 bridgehead atoms. The quantitative estimate of drug-likeness (QED) is 0.906. The fraction of sp³-hybridized carbons (Fsp3) is 0.375. The summed E-state index contributed by atoms with van der Waals surface area (Å²) in [4.78, 5) is 8.74. The summed E-state index contributed by atoms with van der Waals surface area (Å²) in [6, 6.07) is 8.53. The van der Waals surface area contributed by atoms with Crippen LogP contribution in [0.25, 0.3) is 11.3 Å². The van der Waals surface area contributed by atoms with E-state index in [9.17, 15) is 0 Å².